The molecule has 0 radical (unpaired) electrons. The van der Waals surface area contributed by atoms with Crippen LogP contribution in [-0.4, -0.2) is 17.8 Å². The Hall–Kier alpha value is -0.610. The normalized spacial score (nSPS) is 12.2. The van der Waals surface area contributed by atoms with Gasteiger partial charge >= 0.3 is 0 Å². The molecule has 0 aliphatic carbocycles. The van der Waals surface area contributed by atoms with Gasteiger partial charge in [0, 0.05) is 17.5 Å². The summed E-state index contributed by atoms with van der Waals surface area (Å²) in [4.78, 5) is 11.6. The lowest BCUT2D eigenvalue weighted by Gasteiger charge is -2.06. The van der Waals surface area contributed by atoms with Gasteiger partial charge in [-0.05, 0) is 53.9 Å². The molecule has 0 aromatic heterocycles. The first-order chi connectivity index (χ1) is 8.00. The number of benzene rings is 1. The molecule has 94 valence electrons. The average molecular weight is 323 g/mol. The maximum atomic E-state index is 13.2. The Bertz CT molecular complexity index is 398. The van der Waals surface area contributed by atoms with Crippen LogP contribution < -0.4 is 5.32 Å². The number of hydrogen-bond acceptors (Lipinski definition) is 1. The highest BCUT2D eigenvalue weighted by Gasteiger charge is 2.08. The lowest BCUT2D eigenvalue weighted by Crippen LogP contribution is -2.24. The minimum atomic E-state index is -0.438. The third kappa shape index (κ3) is 5.04. The molecule has 0 aliphatic heterocycles. The van der Waals surface area contributed by atoms with Gasteiger partial charge in [0.1, 0.15) is 5.82 Å². The van der Waals surface area contributed by atoms with E-state index in [-0.39, 0.29) is 11.3 Å². The Kier molecular flexibility index (Phi) is 5.92. The Morgan fingerprint density at radius 2 is 2.29 bits per heavy atom. The number of halogens is 3. The van der Waals surface area contributed by atoms with E-state index in [1.54, 1.807) is 6.07 Å². The van der Waals surface area contributed by atoms with Gasteiger partial charge in [0.2, 0.25) is 0 Å². The third-order valence-corrected chi connectivity index (χ3v) is 3.11. The van der Waals surface area contributed by atoms with Crippen LogP contribution >= 0.6 is 27.5 Å². The molecule has 1 N–H and O–H groups in total. The van der Waals surface area contributed by atoms with E-state index in [1.807, 2.05) is 6.92 Å². The number of carbonyl (C=O) groups is 1. The summed E-state index contributed by atoms with van der Waals surface area (Å²) in [5, 5.41) is 2.83. The zero-order valence-electron chi connectivity index (χ0n) is 9.47. The highest BCUT2D eigenvalue weighted by Crippen LogP contribution is 2.16. The Morgan fingerprint density at radius 3 is 2.88 bits per heavy atom. The third-order valence-electron chi connectivity index (χ3n) is 2.25. The molecule has 1 unspecified atom stereocenters. The second-order valence-electron chi connectivity index (χ2n) is 3.81. The fourth-order valence-corrected chi connectivity index (χ4v) is 1.73. The molecule has 0 saturated carbocycles. The molecule has 0 bridgehead atoms. The number of nitrogens with one attached hydrogen (secondary N) is 1. The van der Waals surface area contributed by atoms with Crippen LogP contribution in [0.4, 0.5) is 4.39 Å². The molecule has 1 aromatic rings. The van der Waals surface area contributed by atoms with Crippen LogP contribution in [0.5, 0.6) is 0 Å². The number of carbonyl (C=O) groups excluding carboxylic acids is 1. The zero-order valence-corrected chi connectivity index (χ0v) is 11.8. The number of hydrogen-bond donors (Lipinski definition) is 1. The van der Waals surface area contributed by atoms with E-state index in [4.69, 9.17) is 11.6 Å². The molecule has 2 nitrogen and oxygen atoms in total. The van der Waals surface area contributed by atoms with Crippen molar-refractivity contribution in [3.05, 3.63) is 34.1 Å². The van der Waals surface area contributed by atoms with Gasteiger partial charge in [0.25, 0.3) is 5.91 Å². The van der Waals surface area contributed by atoms with Crippen LogP contribution in [0.1, 0.15) is 30.1 Å². The summed E-state index contributed by atoms with van der Waals surface area (Å²) in [5.74, 6) is -0.703. The molecule has 1 rings (SSSR count). The van der Waals surface area contributed by atoms with Crippen molar-refractivity contribution in [2.45, 2.75) is 25.1 Å². The van der Waals surface area contributed by atoms with E-state index in [0.29, 0.717) is 16.6 Å². The molecular formula is C12H14BrClFNO. The number of alkyl halides is 1. The Morgan fingerprint density at radius 1 is 1.59 bits per heavy atom. The molecule has 0 aliphatic rings. The van der Waals surface area contributed by atoms with Crippen molar-refractivity contribution in [1.82, 2.24) is 5.32 Å². The molecule has 1 atom stereocenters. The van der Waals surface area contributed by atoms with Crippen LogP contribution in [0.3, 0.4) is 0 Å². The van der Waals surface area contributed by atoms with Crippen LogP contribution in [-0.2, 0) is 0 Å². The summed E-state index contributed by atoms with van der Waals surface area (Å²) in [7, 11) is 0. The lowest BCUT2D eigenvalue weighted by atomic mass is 10.2. The van der Waals surface area contributed by atoms with E-state index in [9.17, 15) is 9.18 Å². The monoisotopic (exact) mass is 321 g/mol. The summed E-state index contributed by atoms with van der Waals surface area (Å²) >= 11 is 8.82. The first kappa shape index (κ1) is 14.5. The first-order valence-electron chi connectivity index (χ1n) is 5.38. The second-order valence-corrected chi connectivity index (χ2v) is 5.41. The van der Waals surface area contributed by atoms with Crippen LogP contribution in [0.15, 0.2) is 22.7 Å². The summed E-state index contributed by atoms with van der Waals surface area (Å²) in [6.07, 6.45) is 1.66. The molecule has 17 heavy (non-hydrogen) atoms. The number of amides is 1. The first-order valence-corrected chi connectivity index (χ1v) is 6.61. The summed E-state index contributed by atoms with van der Waals surface area (Å²) in [5.41, 5.74) is 0.324. The average Bonchev–Trinajstić information content (AvgIpc) is 2.27. The van der Waals surface area contributed by atoms with Gasteiger partial charge in [-0.2, -0.15) is 0 Å². The fourth-order valence-electron chi connectivity index (χ4n) is 1.32. The molecule has 0 heterocycles. The Balaban J connectivity index is 2.44. The van der Waals surface area contributed by atoms with Gasteiger partial charge in [-0.25, -0.2) is 4.39 Å². The molecule has 0 spiro atoms. The molecule has 1 aromatic carbocycles. The molecule has 0 fully saturated rings. The van der Waals surface area contributed by atoms with E-state index >= 15 is 0 Å². The van der Waals surface area contributed by atoms with E-state index in [0.717, 1.165) is 12.8 Å². The predicted octanol–water partition coefficient (Wildman–Crippen LogP) is 3.73. The highest BCUT2D eigenvalue weighted by molar-refractivity contribution is 9.10. The van der Waals surface area contributed by atoms with Crippen LogP contribution in [0.2, 0.25) is 0 Å². The van der Waals surface area contributed by atoms with Crippen molar-refractivity contribution in [3.8, 4) is 0 Å². The van der Waals surface area contributed by atoms with Crippen molar-refractivity contribution in [2.24, 2.45) is 0 Å². The summed E-state index contributed by atoms with van der Waals surface area (Å²) in [6, 6.07) is 4.31. The highest BCUT2D eigenvalue weighted by atomic mass is 79.9. The van der Waals surface area contributed by atoms with Gasteiger partial charge in [-0.3, -0.25) is 4.79 Å². The minimum Gasteiger partial charge on any atom is -0.352 e. The molecular weight excluding hydrogens is 308 g/mol. The lowest BCUT2D eigenvalue weighted by molar-refractivity contribution is 0.0952. The van der Waals surface area contributed by atoms with Crippen LogP contribution in [0.25, 0.3) is 0 Å². The molecule has 1 amide bonds. The van der Waals surface area contributed by atoms with E-state index in [1.165, 1.54) is 12.1 Å². The van der Waals surface area contributed by atoms with Gasteiger partial charge in [0.05, 0.1) is 4.47 Å². The molecule has 5 heteroatoms. The standard InChI is InChI=1S/C12H14BrClFNO/c1-8(14)3-2-6-16-12(17)9-4-5-10(13)11(15)7-9/h4-5,7-8H,2-3,6H2,1H3,(H,16,17). The quantitative estimate of drug-likeness (QED) is 0.649. The van der Waals surface area contributed by atoms with Crippen molar-refractivity contribution in [3.63, 3.8) is 0 Å². The van der Waals surface area contributed by atoms with E-state index < -0.39 is 5.82 Å². The van der Waals surface area contributed by atoms with Crippen molar-refractivity contribution < 1.29 is 9.18 Å². The minimum absolute atomic E-state index is 0.108. The smallest absolute Gasteiger partial charge is 0.251 e. The van der Waals surface area contributed by atoms with E-state index in [2.05, 4.69) is 21.2 Å². The summed E-state index contributed by atoms with van der Waals surface area (Å²) < 4.78 is 13.5. The maximum Gasteiger partial charge on any atom is 0.251 e. The number of rotatable bonds is 5. The SMILES string of the molecule is CC(Cl)CCCNC(=O)c1ccc(Br)c(F)c1. The van der Waals surface area contributed by atoms with Gasteiger partial charge in [0.15, 0.2) is 0 Å². The van der Waals surface area contributed by atoms with Crippen LogP contribution in [0, 0.1) is 5.82 Å². The van der Waals surface area contributed by atoms with Crippen molar-refractivity contribution in [2.75, 3.05) is 6.54 Å². The maximum absolute atomic E-state index is 13.2. The predicted molar refractivity (Wildman–Crippen MR) is 71.0 cm³/mol. The van der Waals surface area contributed by atoms with Crippen molar-refractivity contribution in [1.29, 1.82) is 0 Å². The molecule has 0 saturated heterocycles. The topological polar surface area (TPSA) is 29.1 Å². The fraction of sp³-hybridized carbons (Fsp3) is 0.417. The largest absolute Gasteiger partial charge is 0.352 e. The second kappa shape index (κ2) is 6.97. The Labute approximate surface area is 114 Å². The zero-order chi connectivity index (χ0) is 12.8. The van der Waals surface area contributed by atoms with Gasteiger partial charge in [-0.1, -0.05) is 0 Å². The summed E-state index contributed by atoms with van der Waals surface area (Å²) in [6.45, 7) is 2.46. The van der Waals surface area contributed by atoms with Gasteiger partial charge < -0.3 is 5.32 Å². The van der Waals surface area contributed by atoms with Gasteiger partial charge in [-0.15, -0.1) is 11.6 Å². The van der Waals surface area contributed by atoms with Crippen molar-refractivity contribution >= 4 is 33.4 Å².